The summed E-state index contributed by atoms with van der Waals surface area (Å²) in [5, 5.41) is 13.2. The number of carbonyl (C=O) groups is 2. The van der Waals surface area contributed by atoms with Crippen molar-refractivity contribution in [1.82, 2.24) is 24.5 Å². The first-order chi connectivity index (χ1) is 19.7. The summed E-state index contributed by atoms with van der Waals surface area (Å²) in [4.78, 5) is 38.6. The van der Waals surface area contributed by atoms with E-state index in [0.29, 0.717) is 30.3 Å². The van der Waals surface area contributed by atoms with Gasteiger partial charge in [-0.2, -0.15) is 11.8 Å². The van der Waals surface area contributed by atoms with E-state index in [1.54, 1.807) is 41.1 Å². The fraction of sp³-hybridized carbons (Fsp3) is 0.586. The molecule has 1 aliphatic heterocycles. The molecule has 0 aliphatic carbocycles. The third kappa shape index (κ3) is 9.05. The van der Waals surface area contributed by atoms with Crippen LogP contribution in [0.2, 0.25) is 0 Å². The molecule has 11 nitrogen and oxygen atoms in total. The van der Waals surface area contributed by atoms with Gasteiger partial charge < -0.3 is 20.2 Å². The summed E-state index contributed by atoms with van der Waals surface area (Å²) in [5.41, 5.74) is -0.0229. The van der Waals surface area contributed by atoms with Gasteiger partial charge in [-0.3, -0.25) is 4.79 Å². The lowest BCUT2D eigenvalue weighted by Gasteiger charge is -2.42. The molecule has 1 fully saturated rings. The Morgan fingerprint density at radius 1 is 1.19 bits per heavy atom. The third-order valence-electron chi connectivity index (χ3n) is 6.85. The number of hydrogen-bond acceptors (Lipinski definition) is 8. The number of rotatable bonds is 12. The highest BCUT2D eigenvalue weighted by Crippen LogP contribution is 2.26. The predicted octanol–water partition coefficient (Wildman–Crippen LogP) is 4.14. The first-order valence-electron chi connectivity index (χ1n) is 14.2. The molecule has 232 valence electrons. The van der Waals surface area contributed by atoms with Crippen molar-refractivity contribution in [2.24, 2.45) is 5.92 Å². The van der Waals surface area contributed by atoms with Crippen molar-refractivity contribution in [3.05, 3.63) is 47.9 Å². The lowest BCUT2D eigenvalue weighted by atomic mass is 9.95. The number of anilines is 1. The smallest absolute Gasteiger partial charge is 0.407 e. The van der Waals surface area contributed by atoms with Crippen LogP contribution in [0.3, 0.4) is 0 Å². The van der Waals surface area contributed by atoms with E-state index < -0.39 is 28.2 Å². The van der Waals surface area contributed by atoms with Gasteiger partial charge in [0, 0.05) is 43.8 Å². The van der Waals surface area contributed by atoms with Crippen LogP contribution in [-0.4, -0.2) is 95.6 Å². The van der Waals surface area contributed by atoms with Crippen LogP contribution in [0.4, 0.5) is 10.6 Å². The summed E-state index contributed by atoms with van der Waals surface area (Å²) in [6, 6.07) is 6.66. The van der Waals surface area contributed by atoms with Crippen LogP contribution in [0.5, 0.6) is 0 Å². The van der Waals surface area contributed by atoms with Gasteiger partial charge in [-0.15, -0.1) is 0 Å². The zero-order valence-corrected chi connectivity index (χ0v) is 27.0. The molecule has 1 aromatic carbocycles. The first-order valence-corrected chi connectivity index (χ1v) is 17.1. The zero-order valence-electron chi connectivity index (χ0n) is 25.3. The van der Waals surface area contributed by atoms with Crippen molar-refractivity contribution in [3.63, 3.8) is 0 Å². The summed E-state index contributed by atoms with van der Waals surface area (Å²) in [5.74, 6) is 1.76. The number of thioether (sulfide) groups is 1. The monoisotopic (exact) mass is 620 g/mol. The maximum atomic E-state index is 14.2. The van der Waals surface area contributed by atoms with E-state index in [1.165, 1.54) is 17.0 Å². The number of nitrogens with one attached hydrogen (secondary N) is 2. The highest BCUT2D eigenvalue weighted by Gasteiger charge is 2.38. The summed E-state index contributed by atoms with van der Waals surface area (Å²) < 4.78 is 28.9. The van der Waals surface area contributed by atoms with Crippen LogP contribution in [0.25, 0.3) is 0 Å². The summed E-state index contributed by atoms with van der Waals surface area (Å²) in [6.07, 6.45) is 3.56. The van der Waals surface area contributed by atoms with Gasteiger partial charge in [-0.05, 0) is 42.9 Å². The molecule has 3 N–H and O–H groups in total. The Hall–Kier alpha value is -2.90. The number of aromatic nitrogens is 2. The van der Waals surface area contributed by atoms with Crippen molar-refractivity contribution >= 4 is 39.6 Å². The summed E-state index contributed by atoms with van der Waals surface area (Å²) in [6.45, 7) is 11.0. The number of hydrogen-bond donors (Lipinski definition) is 3. The molecule has 1 aliphatic rings. The molecule has 13 heteroatoms. The van der Waals surface area contributed by atoms with Crippen LogP contribution < -0.4 is 10.0 Å². The van der Waals surface area contributed by atoms with Crippen molar-refractivity contribution < 1.29 is 23.1 Å². The molecular formula is C29H44N6O5S2. The Morgan fingerprint density at radius 3 is 2.48 bits per heavy atom. The maximum absolute atomic E-state index is 14.2. The van der Waals surface area contributed by atoms with Gasteiger partial charge in [0.05, 0.1) is 10.9 Å². The minimum Gasteiger partial charge on any atom is -0.465 e. The van der Waals surface area contributed by atoms with Gasteiger partial charge in [-0.25, -0.2) is 27.9 Å². The molecule has 0 spiro atoms. The average molecular weight is 621 g/mol. The van der Waals surface area contributed by atoms with E-state index in [1.807, 2.05) is 40.9 Å². The number of carboxylic acid groups (broad SMARTS) is 1. The normalized spacial score (nSPS) is 17.7. The van der Waals surface area contributed by atoms with Crippen molar-refractivity contribution in [2.75, 3.05) is 43.5 Å². The minimum atomic E-state index is -3.90. The fourth-order valence-electron chi connectivity index (χ4n) is 4.83. The summed E-state index contributed by atoms with van der Waals surface area (Å²) >= 11 is 1.74. The van der Waals surface area contributed by atoms with Crippen molar-refractivity contribution in [3.8, 4) is 0 Å². The van der Waals surface area contributed by atoms with Gasteiger partial charge in [-0.1, -0.05) is 52.8 Å². The molecule has 3 rings (SSSR count). The highest BCUT2D eigenvalue weighted by atomic mass is 32.2. The molecular weight excluding hydrogens is 576 g/mol. The lowest BCUT2D eigenvalue weighted by molar-refractivity contribution is 0.0467. The Kier molecular flexibility index (Phi) is 11.6. The largest absolute Gasteiger partial charge is 0.465 e. The quantitative estimate of drug-likeness (QED) is 0.298. The van der Waals surface area contributed by atoms with E-state index >= 15 is 0 Å². The molecule has 1 aromatic heterocycles. The molecule has 2 atom stereocenters. The Bertz CT molecular complexity index is 1320. The number of likely N-dealkylation sites (tertiary alicyclic amines) is 1. The number of piperidine rings is 1. The van der Waals surface area contributed by atoms with Crippen LogP contribution >= 0.6 is 11.8 Å². The number of benzene rings is 1. The van der Waals surface area contributed by atoms with Gasteiger partial charge in [0.25, 0.3) is 5.91 Å². The van der Waals surface area contributed by atoms with Gasteiger partial charge in [0.15, 0.2) is 0 Å². The Morgan fingerprint density at radius 2 is 1.88 bits per heavy atom. The number of amides is 2. The predicted molar refractivity (Wildman–Crippen MR) is 167 cm³/mol. The van der Waals surface area contributed by atoms with Gasteiger partial charge in [0.2, 0.25) is 10.0 Å². The molecule has 1 saturated heterocycles. The number of sulfonamides is 1. The first kappa shape index (κ1) is 33.6. The topological polar surface area (TPSA) is 145 Å². The van der Waals surface area contributed by atoms with E-state index in [2.05, 4.69) is 15.0 Å². The zero-order chi connectivity index (χ0) is 31.1. The molecule has 2 amide bonds. The average Bonchev–Trinajstić information content (AvgIpc) is 2.93. The molecule has 0 radical (unpaired) electrons. The fourth-order valence-corrected chi connectivity index (χ4v) is 6.52. The van der Waals surface area contributed by atoms with Gasteiger partial charge in [0.1, 0.15) is 17.2 Å². The van der Waals surface area contributed by atoms with E-state index in [0.717, 1.165) is 12.2 Å². The van der Waals surface area contributed by atoms with Crippen molar-refractivity contribution in [2.45, 2.75) is 69.9 Å². The summed E-state index contributed by atoms with van der Waals surface area (Å²) in [7, 11) is -3.90. The van der Waals surface area contributed by atoms with Crippen LogP contribution in [0.15, 0.2) is 41.4 Å². The second-order valence-electron chi connectivity index (χ2n) is 12.0. The second kappa shape index (κ2) is 14.5. The van der Waals surface area contributed by atoms with Gasteiger partial charge >= 0.3 is 6.09 Å². The van der Waals surface area contributed by atoms with Crippen molar-refractivity contribution in [1.29, 1.82) is 0 Å². The molecule has 0 saturated carbocycles. The lowest BCUT2D eigenvalue weighted by Crippen LogP contribution is -2.59. The van der Waals surface area contributed by atoms with Crippen LogP contribution in [0, 0.1) is 5.92 Å². The molecule has 42 heavy (non-hydrogen) atoms. The van der Waals surface area contributed by atoms with E-state index in [9.17, 15) is 23.1 Å². The number of carbonyl (C=O) groups excluding carboxylic acids is 1. The third-order valence-corrected chi connectivity index (χ3v) is 9.08. The standard InChI is InChI=1S/C29H44N6O5S2/c1-20(2)17-35(26(36)24-16-31-27(29(3,4)5)32-25(24)30-13-10-14-41-6)22-15-21(18-34(19-22)28(37)38)33-42(39,40)23-11-8-7-9-12-23/h7-9,11-12,16,20-22,33H,10,13-15,17-19H2,1-6H3,(H,37,38)(H,30,31,32)/t21-,22+/m1/s1. The highest BCUT2D eigenvalue weighted by molar-refractivity contribution is 7.98. The SMILES string of the molecule is CSCCCNc1nc(C(C)(C)C)ncc1C(=O)N(CC(C)C)[C@H]1C[C@@H](NS(=O)(=O)c2ccccc2)CN(C(=O)O)C1. The van der Waals surface area contributed by atoms with Crippen LogP contribution in [0.1, 0.15) is 63.6 Å². The molecule has 2 aromatic rings. The molecule has 0 bridgehead atoms. The maximum Gasteiger partial charge on any atom is 0.407 e. The Labute approximate surface area is 253 Å². The Balaban J connectivity index is 1.96. The van der Waals surface area contributed by atoms with Crippen LogP contribution in [-0.2, 0) is 15.4 Å². The molecule has 0 unspecified atom stereocenters. The second-order valence-corrected chi connectivity index (χ2v) is 14.7. The van der Waals surface area contributed by atoms with E-state index in [-0.39, 0.29) is 41.6 Å². The number of nitrogens with zero attached hydrogens (tertiary/aromatic N) is 4. The molecule has 2 heterocycles. The van der Waals surface area contributed by atoms with E-state index in [4.69, 9.17) is 4.98 Å². The minimum absolute atomic E-state index is 0.0206.